The number of aryl methyl sites for hydroxylation is 1. The van der Waals surface area contributed by atoms with Gasteiger partial charge in [-0.15, -0.1) is 0 Å². The van der Waals surface area contributed by atoms with E-state index in [-0.39, 0.29) is 23.9 Å². The van der Waals surface area contributed by atoms with Crippen molar-refractivity contribution in [3.63, 3.8) is 0 Å². The van der Waals surface area contributed by atoms with E-state index >= 15 is 0 Å². The second kappa shape index (κ2) is 6.03. The number of methoxy groups -OCH3 is 1. The van der Waals surface area contributed by atoms with Crippen molar-refractivity contribution in [3.8, 4) is 5.75 Å². The van der Waals surface area contributed by atoms with Crippen molar-refractivity contribution in [2.24, 2.45) is 0 Å². The number of sulfonamides is 1. The molecule has 6 nitrogen and oxygen atoms in total. The molecule has 0 aliphatic carbocycles. The number of fused-ring (bicyclic) bond motifs is 2. The van der Waals surface area contributed by atoms with E-state index < -0.39 is 21.3 Å². The second-order valence-electron chi connectivity index (χ2n) is 6.95. The summed E-state index contributed by atoms with van der Waals surface area (Å²) in [5.41, 5.74) is 0.913. The number of nitrogens with zero attached hydrogens (tertiary/aromatic N) is 1. The lowest BCUT2D eigenvalue weighted by atomic mass is 9.81. The molecule has 27 heavy (non-hydrogen) atoms. The summed E-state index contributed by atoms with van der Waals surface area (Å²) in [6.07, 6.45) is 0.354. The second-order valence-corrected chi connectivity index (χ2v) is 8.85. The Hall–Kier alpha value is -2.45. The highest BCUT2D eigenvalue weighted by molar-refractivity contribution is 7.89. The summed E-state index contributed by atoms with van der Waals surface area (Å²) in [7, 11) is -2.38. The average Bonchev–Trinajstić information content (AvgIpc) is 3.21. The van der Waals surface area contributed by atoms with Gasteiger partial charge in [-0.2, -0.15) is 4.31 Å². The number of rotatable bonds is 3. The van der Waals surface area contributed by atoms with E-state index in [0.29, 0.717) is 23.4 Å². The van der Waals surface area contributed by atoms with Crippen LogP contribution in [-0.2, 0) is 20.2 Å². The number of ether oxygens (including phenoxy) is 1. The molecule has 0 saturated carbocycles. The summed E-state index contributed by atoms with van der Waals surface area (Å²) < 4.78 is 46.3. The van der Waals surface area contributed by atoms with Crippen LogP contribution in [0.1, 0.15) is 17.5 Å². The topological polar surface area (TPSA) is 75.7 Å². The van der Waals surface area contributed by atoms with Gasteiger partial charge in [0.25, 0.3) is 0 Å². The Kier molecular flexibility index (Phi) is 4.01. The maximum atomic E-state index is 13.6. The van der Waals surface area contributed by atoms with Crippen molar-refractivity contribution in [3.05, 3.63) is 53.3 Å². The molecule has 2 aliphatic rings. The van der Waals surface area contributed by atoms with E-state index in [1.54, 1.807) is 25.1 Å². The lowest BCUT2D eigenvalue weighted by Crippen LogP contribution is -2.39. The Morgan fingerprint density at radius 1 is 1.22 bits per heavy atom. The van der Waals surface area contributed by atoms with Crippen molar-refractivity contribution in [2.45, 2.75) is 23.7 Å². The summed E-state index contributed by atoms with van der Waals surface area (Å²) in [6, 6.07) is 8.98. The number of hydrogen-bond donors (Lipinski definition) is 1. The predicted octanol–water partition coefficient (Wildman–Crippen LogP) is 2.43. The SMILES string of the molecule is COc1ccc2c(c1)[C@]1(CCN(S(=O)(=O)c3cc(F)ccc3C)C1)C(=O)N2. The lowest BCUT2D eigenvalue weighted by Gasteiger charge is -2.23. The fraction of sp³-hybridized carbons (Fsp3) is 0.316. The van der Waals surface area contributed by atoms with Crippen molar-refractivity contribution >= 4 is 21.6 Å². The first kappa shape index (κ1) is 17.9. The minimum atomic E-state index is -3.91. The molecule has 2 heterocycles. The molecule has 142 valence electrons. The smallest absolute Gasteiger partial charge is 0.243 e. The number of benzene rings is 2. The zero-order valence-electron chi connectivity index (χ0n) is 15.0. The monoisotopic (exact) mass is 390 g/mol. The zero-order valence-corrected chi connectivity index (χ0v) is 15.8. The molecular formula is C19H19FN2O4S. The Morgan fingerprint density at radius 3 is 2.74 bits per heavy atom. The number of halogens is 1. The molecule has 2 aliphatic heterocycles. The van der Waals surface area contributed by atoms with Crippen LogP contribution in [0.2, 0.25) is 0 Å². The molecule has 0 bridgehead atoms. The normalized spacial score (nSPS) is 22.1. The highest BCUT2D eigenvalue weighted by atomic mass is 32.2. The average molecular weight is 390 g/mol. The maximum Gasteiger partial charge on any atom is 0.243 e. The third-order valence-electron chi connectivity index (χ3n) is 5.43. The minimum Gasteiger partial charge on any atom is -0.497 e. The van der Waals surface area contributed by atoms with E-state index in [4.69, 9.17) is 4.74 Å². The van der Waals surface area contributed by atoms with Crippen LogP contribution in [0.25, 0.3) is 0 Å². The van der Waals surface area contributed by atoms with Gasteiger partial charge in [-0.05, 0) is 54.8 Å². The highest BCUT2D eigenvalue weighted by Gasteiger charge is 2.53. The van der Waals surface area contributed by atoms with Crippen LogP contribution in [-0.4, -0.2) is 38.8 Å². The standard InChI is InChI=1S/C19H19FN2O4S/c1-12-3-4-13(20)9-17(12)27(24,25)22-8-7-19(11-22)15-10-14(26-2)5-6-16(15)21-18(19)23/h3-6,9-10H,7-8,11H2,1-2H3,(H,21,23)/t19-/m1/s1. The molecule has 1 saturated heterocycles. The number of amides is 1. The number of nitrogens with one attached hydrogen (secondary N) is 1. The van der Waals surface area contributed by atoms with Gasteiger partial charge in [0.2, 0.25) is 15.9 Å². The van der Waals surface area contributed by atoms with Gasteiger partial charge in [0.15, 0.2) is 0 Å². The minimum absolute atomic E-state index is 0.0112. The van der Waals surface area contributed by atoms with Crippen molar-refractivity contribution < 1.29 is 22.3 Å². The third kappa shape index (κ3) is 2.62. The van der Waals surface area contributed by atoms with Crippen LogP contribution in [0.5, 0.6) is 5.75 Å². The first-order valence-corrected chi connectivity index (χ1v) is 9.98. The fourth-order valence-corrected chi connectivity index (χ4v) is 5.63. The molecule has 1 amide bonds. The molecule has 2 aromatic rings. The Labute approximate surface area is 157 Å². The van der Waals surface area contributed by atoms with Crippen molar-refractivity contribution in [1.29, 1.82) is 0 Å². The summed E-state index contributed by atoms with van der Waals surface area (Å²) in [4.78, 5) is 12.7. The number of hydrogen-bond acceptors (Lipinski definition) is 4. The Bertz CT molecular complexity index is 1050. The van der Waals surface area contributed by atoms with Crippen molar-refractivity contribution in [1.82, 2.24) is 4.31 Å². The summed E-state index contributed by atoms with van der Waals surface area (Å²) in [6.45, 7) is 1.82. The highest BCUT2D eigenvalue weighted by Crippen LogP contribution is 2.46. The van der Waals surface area contributed by atoms with Crippen LogP contribution < -0.4 is 10.1 Å². The fourth-order valence-electron chi connectivity index (χ4n) is 3.90. The molecule has 1 spiro atoms. The molecule has 1 N–H and O–H groups in total. The molecule has 8 heteroatoms. The summed E-state index contributed by atoms with van der Waals surface area (Å²) in [5, 5.41) is 2.84. The van der Waals surface area contributed by atoms with Crippen LogP contribution in [0.15, 0.2) is 41.3 Å². The molecule has 1 fully saturated rings. The summed E-state index contributed by atoms with van der Waals surface area (Å²) >= 11 is 0. The predicted molar refractivity (Wildman–Crippen MR) is 97.8 cm³/mol. The number of carbonyl (C=O) groups is 1. The third-order valence-corrected chi connectivity index (χ3v) is 7.41. The molecule has 0 unspecified atom stereocenters. The van der Waals surface area contributed by atoms with Crippen LogP contribution >= 0.6 is 0 Å². The van der Waals surface area contributed by atoms with Crippen LogP contribution in [0.4, 0.5) is 10.1 Å². The van der Waals surface area contributed by atoms with Gasteiger partial charge < -0.3 is 10.1 Å². The molecule has 0 aromatic heterocycles. The van der Waals surface area contributed by atoms with E-state index in [1.165, 1.54) is 23.5 Å². The molecule has 1 atom stereocenters. The van der Waals surface area contributed by atoms with E-state index in [0.717, 1.165) is 11.6 Å². The van der Waals surface area contributed by atoms with E-state index in [9.17, 15) is 17.6 Å². The number of anilines is 1. The zero-order chi connectivity index (χ0) is 19.4. The van der Waals surface area contributed by atoms with Crippen LogP contribution in [0, 0.1) is 12.7 Å². The van der Waals surface area contributed by atoms with E-state index in [1.807, 2.05) is 0 Å². The maximum absolute atomic E-state index is 13.6. The van der Waals surface area contributed by atoms with Gasteiger partial charge in [-0.1, -0.05) is 6.07 Å². The summed E-state index contributed by atoms with van der Waals surface area (Å²) in [5.74, 6) is -0.229. The van der Waals surface area contributed by atoms with Crippen molar-refractivity contribution in [2.75, 3.05) is 25.5 Å². The quantitative estimate of drug-likeness (QED) is 0.873. The largest absolute Gasteiger partial charge is 0.497 e. The van der Waals surface area contributed by atoms with Gasteiger partial charge in [0.05, 0.1) is 17.4 Å². The van der Waals surface area contributed by atoms with Gasteiger partial charge in [-0.3, -0.25) is 4.79 Å². The first-order chi connectivity index (χ1) is 12.8. The molecular weight excluding hydrogens is 371 g/mol. The Balaban J connectivity index is 1.74. The van der Waals surface area contributed by atoms with Gasteiger partial charge >= 0.3 is 0 Å². The molecule has 0 radical (unpaired) electrons. The van der Waals surface area contributed by atoms with Gasteiger partial charge in [0.1, 0.15) is 11.6 Å². The molecule has 2 aromatic carbocycles. The van der Waals surface area contributed by atoms with Crippen LogP contribution in [0.3, 0.4) is 0 Å². The Morgan fingerprint density at radius 2 is 2.00 bits per heavy atom. The number of carbonyl (C=O) groups excluding carboxylic acids is 1. The van der Waals surface area contributed by atoms with Gasteiger partial charge in [0, 0.05) is 18.8 Å². The van der Waals surface area contributed by atoms with Gasteiger partial charge in [-0.25, -0.2) is 12.8 Å². The van der Waals surface area contributed by atoms with E-state index in [2.05, 4.69) is 5.32 Å². The first-order valence-electron chi connectivity index (χ1n) is 8.54. The lowest BCUT2D eigenvalue weighted by molar-refractivity contribution is -0.120. The molecule has 4 rings (SSSR count).